The lowest BCUT2D eigenvalue weighted by Gasteiger charge is -2.10. The van der Waals surface area contributed by atoms with Crippen LogP contribution < -0.4 is 10.6 Å². The molecule has 0 radical (unpaired) electrons. The zero-order chi connectivity index (χ0) is 16.2. The second-order valence-corrected chi connectivity index (χ2v) is 7.28. The average Bonchev–Trinajstić information content (AvgIpc) is 3.17. The van der Waals surface area contributed by atoms with Gasteiger partial charge in [0, 0.05) is 29.2 Å². The van der Waals surface area contributed by atoms with Crippen LogP contribution >= 0.6 is 22.7 Å². The molecule has 0 spiro atoms. The standard InChI is InChI=1S/C15H20N6S2/c1-4-16-14(18-8-13-10(2)19-11(3)23-13)17-7-12-9-21-5-6-22-15(21)20-12/h5-6,9H,4,7-8H2,1-3H3,(H2,16,17,18). The number of hydrogen-bond acceptors (Lipinski definition) is 5. The Morgan fingerprint density at radius 2 is 2.17 bits per heavy atom. The molecular formula is C15H20N6S2. The smallest absolute Gasteiger partial charge is 0.193 e. The first-order chi connectivity index (χ1) is 11.2. The summed E-state index contributed by atoms with van der Waals surface area (Å²) in [5.74, 6) is 0.800. The Hall–Kier alpha value is -1.93. The summed E-state index contributed by atoms with van der Waals surface area (Å²) in [6.07, 6.45) is 4.04. The van der Waals surface area contributed by atoms with Crippen molar-refractivity contribution < 1.29 is 0 Å². The Morgan fingerprint density at radius 1 is 1.30 bits per heavy atom. The Bertz CT molecular complexity index is 785. The van der Waals surface area contributed by atoms with Crippen LogP contribution in [0.1, 0.15) is 28.2 Å². The van der Waals surface area contributed by atoms with Gasteiger partial charge in [-0.1, -0.05) is 0 Å². The van der Waals surface area contributed by atoms with Gasteiger partial charge in [0.1, 0.15) is 0 Å². The highest BCUT2D eigenvalue weighted by Gasteiger charge is 2.06. The van der Waals surface area contributed by atoms with Gasteiger partial charge in [0.25, 0.3) is 0 Å². The number of hydrogen-bond donors (Lipinski definition) is 2. The maximum atomic E-state index is 4.62. The van der Waals surface area contributed by atoms with Crippen LogP contribution in [-0.4, -0.2) is 26.9 Å². The summed E-state index contributed by atoms with van der Waals surface area (Å²) >= 11 is 3.35. The predicted molar refractivity (Wildman–Crippen MR) is 96.3 cm³/mol. The lowest BCUT2D eigenvalue weighted by atomic mass is 10.4. The molecule has 0 aliphatic carbocycles. The van der Waals surface area contributed by atoms with E-state index in [-0.39, 0.29) is 0 Å². The van der Waals surface area contributed by atoms with Gasteiger partial charge in [0.15, 0.2) is 10.9 Å². The summed E-state index contributed by atoms with van der Waals surface area (Å²) in [4.78, 5) is 15.9. The maximum absolute atomic E-state index is 4.62. The number of thiazole rings is 2. The Balaban J connectivity index is 1.65. The molecule has 0 atom stereocenters. The first-order valence-electron chi connectivity index (χ1n) is 7.52. The van der Waals surface area contributed by atoms with Gasteiger partial charge in [-0.15, -0.1) is 22.7 Å². The molecule has 6 nitrogen and oxygen atoms in total. The first kappa shape index (κ1) is 15.9. The summed E-state index contributed by atoms with van der Waals surface area (Å²) < 4.78 is 2.03. The molecule has 8 heteroatoms. The van der Waals surface area contributed by atoms with Gasteiger partial charge in [0.2, 0.25) is 0 Å². The van der Waals surface area contributed by atoms with E-state index >= 15 is 0 Å². The summed E-state index contributed by atoms with van der Waals surface area (Å²) in [5, 5.41) is 9.76. The number of aryl methyl sites for hydroxylation is 2. The van der Waals surface area contributed by atoms with Gasteiger partial charge in [0.05, 0.1) is 29.5 Å². The van der Waals surface area contributed by atoms with Crippen LogP contribution in [0.2, 0.25) is 0 Å². The van der Waals surface area contributed by atoms with Gasteiger partial charge >= 0.3 is 0 Å². The van der Waals surface area contributed by atoms with E-state index in [4.69, 9.17) is 0 Å². The number of aliphatic imine (C=N–C) groups is 1. The number of fused-ring (bicyclic) bond motifs is 1. The van der Waals surface area contributed by atoms with Gasteiger partial charge in [-0.3, -0.25) is 4.40 Å². The minimum atomic E-state index is 0.560. The Kier molecular flexibility index (Phi) is 4.92. The molecule has 0 amide bonds. The van der Waals surface area contributed by atoms with Crippen molar-refractivity contribution in [1.29, 1.82) is 0 Å². The molecule has 3 aromatic heterocycles. The molecule has 0 saturated heterocycles. The molecule has 2 N–H and O–H groups in total. The Labute approximate surface area is 143 Å². The van der Waals surface area contributed by atoms with Crippen molar-refractivity contribution in [2.75, 3.05) is 6.54 Å². The summed E-state index contributed by atoms with van der Waals surface area (Å²) in [6.45, 7) is 8.26. The molecule has 122 valence electrons. The first-order valence-corrected chi connectivity index (χ1v) is 9.21. The van der Waals surface area contributed by atoms with Crippen LogP contribution in [0.15, 0.2) is 22.8 Å². The molecule has 0 fully saturated rings. The zero-order valence-corrected chi connectivity index (χ0v) is 15.1. The van der Waals surface area contributed by atoms with Crippen LogP contribution in [0.4, 0.5) is 0 Å². The van der Waals surface area contributed by atoms with Gasteiger partial charge < -0.3 is 10.6 Å². The third-order valence-electron chi connectivity index (χ3n) is 3.30. The Morgan fingerprint density at radius 3 is 2.87 bits per heavy atom. The van der Waals surface area contributed by atoms with Crippen molar-refractivity contribution in [1.82, 2.24) is 25.0 Å². The highest BCUT2D eigenvalue weighted by molar-refractivity contribution is 7.15. The summed E-state index contributed by atoms with van der Waals surface area (Å²) in [7, 11) is 0. The SMILES string of the molecule is CCNC(=NCc1cn2ccsc2n1)NCc1sc(C)nc1C. The van der Waals surface area contributed by atoms with E-state index in [1.54, 1.807) is 22.7 Å². The molecule has 0 aliphatic heterocycles. The molecule has 0 aromatic carbocycles. The lowest BCUT2D eigenvalue weighted by molar-refractivity contribution is 0.816. The molecule has 3 aromatic rings. The number of aromatic nitrogens is 3. The fourth-order valence-electron chi connectivity index (χ4n) is 2.26. The van der Waals surface area contributed by atoms with Crippen molar-refractivity contribution in [3.63, 3.8) is 0 Å². The van der Waals surface area contributed by atoms with Crippen LogP contribution in [0.5, 0.6) is 0 Å². The van der Waals surface area contributed by atoms with Gasteiger partial charge in [-0.25, -0.2) is 15.0 Å². The van der Waals surface area contributed by atoms with Crippen LogP contribution in [0, 0.1) is 13.8 Å². The van der Waals surface area contributed by atoms with Gasteiger partial charge in [-0.2, -0.15) is 0 Å². The second kappa shape index (κ2) is 7.10. The second-order valence-electron chi connectivity index (χ2n) is 5.12. The summed E-state index contributed by atoms with van der Waals surface area (Å²) in [5.41, 5.74) is 2.06. The highest BCUT2D eigenvalue weighted by Crippen LogP contribution is 2.16. The minimum absolute atomic E-state index is 0.560. The van der Waals surface area contributed by atoms with E-state index in [1.165, 1.54) is 4.88 Å². The fourth-order valence-corrected chi connectivity index (χ4v) is 3.85. The molecule has 0 unspecified atom stereocenters. The largest absolute Gasteiger partial charge is 0.357 e. The van der Waals surface area contributed by atoms with Crippen molar-refractivity contribution in [2.24, 2.45) is 4.99 Å². The maximum Gasteiger partial charge on any atom is 0.193 e. The van der Waals surface area contributed by atoms with Crippen molar-refractivity contribution in [3.05, 3.63) is 39.0 Å². The molecule has 0 bridgehead atoms. The number of imidazole rings is 1. The minimum Gasteiger partial charge on any atom is -0.357 e. The van der Waals surface area contributed by atoms with E-state index in [0.717, 1.165) is 40.4 Å². The monoisotopic (exact) mass is 348 g/mol. The van der Waals surface area contributed by atoms with E-state index < -0.39 is 0 Å². The molecule has 0 saturated carbocycles. The van der Waals surface area contributed by atoms with Crippen molar-refractivity contribution >= 4 is 33.6 Å². The molecule has 3 heterocycles. The molecule has 23 heavy (non-hydrogen) atoms. The third kappa shape index (κ3) is 3.89. The number of guanidine groups is 1. The average molecular weight is 349 g/mol. The van der Waals surface area contributed by atoms with Gasteiger partial charge in [-0.05, 0) is 20.8 Å². The van der Waals surface area contributed by atoms with Crippen LogP contribution in [0.3, 0.4) is 0 Å². The third-order valence-corrected chi connectivity index (χ3v) is 5.15. The van der Waals surface area contributed by atoms with E-state index in [2.05, 4.69) is 32.5 Å². The quantitative estimate of drug-likeness (QED) is 0.550. The topological polar surface area (TPSA) is 66.6 Å². The number of nitrogens with zero attached hydrogens (tertiary/aromatic N) is 4. The van der Waals surface area contributed by atoms with E-state index in [0.29, 0.717) is 6.54 Å². The highest BCUT2D eigenvalue weighted by atomic mass is 32.1. The fraction of sp³-hybridized carbons (Fsp3) is 0.400. The predicted octanol–water partition coefficient (Wildman–Crippen LogP) is 2.72. The zero-order valence-electron chi connectivity index (χ0n) is 13.5. The van der Waals surface area contributed by atoms with Crippen LogP contribution in [-0.2, 0) is 13.1 Å². The number of nitrogens with one attached hydrogen (secondary N) is 2. The van der Waals surface area contributed by atoms with Crippen LogP contribution in [0.25, 0.3) is 4.96 Å². The number of rotatable bonds is 5. The van der Waals surface area contributed by atoms with E-state index in [9.17, 15) is 0 Å². The molecule has 0 aliphatic rings. The molecular weight excluding hydrogens is 328 g/mol. The lowest BCUT2D eigenvalue weighted by Crippen LogP contribution is -2.36. The normalized spacial score (nSPS) is 12.0. The molecule has 3 rings (SSSR count). The van der Waals surface area contributed by atoms with E-state index in [1.807, 2.05) is 36.0 Å². The van der Waals surface area contributed by atoms with Crippen molar-refractivity contribution in [3.8, 4) is 0 Å². The summed E-state index contributed by atoms with van der Waals surface area (Å²) in [6, 6.07) is 0. The van der Waals surface area contributed by atoms with Crippen molar-refractivity contribution in [2.45, 2.75) is 33.9 Å².